The molecule has 0 aliphatic carbocycles. The van der Waals surface area contributed by atoms with Crippen LogP contribution in [0.1, 0.15) is 26.2 Å². The smallest absolute Gasteiger partial charge is 0.0700 e. The third-order valence-corrected chi connectivity index (χ3v) is 2.79. The van der Waals surface area contributed by atoms with Gasteiger partial charge in [-0.2, -0.15) is 0 Å². The van der Waals surface area contributed by atoms with Crippen LogP contribution in [0.5, 0.6) is 0 Å². The Kier molecular flexibility index (Phi) is 9.61. The van der Waals surface area contributed by atoms with Gasteiger partial charge in [-0.15, -0.1) is 0 Å². The van der Waals surface area contributed by atoms with Crippen LogP contribution in [0.4, 0.5) is 11.4 Å². The van der Waals surface area contributed by atoms with E-state index in [1.165, 1.54) is 0 Å². The van der Waals surface area contributed by atoms with Crippen molar-refractivity contribution in [2.45, 2.75) is 26.2 Å². The van der Waals surface area contributed by atoms with Crippen molar-refractivity contribution in [3.63, 3.8) is 0 Å². The number of aromatic nitrogens is 1. The van der Waals surface area contributed by atoms with E-state index >= 15 is 0 Å². The summed E-state index contributed by atoms with van der Waals surface area (Å²) in [6.45, 7) is 6.20. The Morgan fingerprint density at radius 3 is 2.45 bits per heavy atom. The number of nitrogens with one attached hydrogen (secondary N) is 2. The van der Waals surface area contributed by atoms with Crippen LogP contribution in [0.3, 0.4) is 0 Å². The van der Waals surface area contributed by atoms with Gasteiger partial charge in [-0.3, -0.25) is 4.98 Å². The molecule has 0 aliphatic rings. The minimum absolute atomic E-state index is 0.668. The molecule has 5 nitrogen and oxygen atoms in total. The average Bonchev–Trinajstić information content (AvgIpc) is 2.48. The number of hydrogen-bond acceptors (Lipinski definition) is 5. The molecule has 0 aromatic carbocycles. The number of methoxy groups -OCH3 is 1. The van der Waals surface area contributed by atoms with Crippen molar-refractivity contribution in [1.82, 2.24) is 4.98 Å². The first-order chi connectivity index (χ1) is 9.86. The fourth-order valence-electron chi connectivity index (χ4n) is 1.71. The third kappa shape index (κ3) is 7.96. The van der Waals surface area contributed by atoms with Crippen LogP contribution >= 0.6 is 0 Å². The number of anilines is 2. The summed E-state index contributed by atoms with van der Waals surface area (Å²) in [5, 5.41) is 6.71. The molecular weight excluding hydrogens is 254 g/mol. The summed E-state index contributed by atoms with van der Waals surface area (Å²) in [5.41, 5.74) is 2.13. The molecule has 0 aliphatic heterocycles. The van der Waals surface area contributed by atoms with Gasteiger partial charge < -0.3 is 20.1 Å². The standard InChI is InChI=1S/C15H27N3O2/c1-3-6-17-14-11-15(13-16-12-14)18-7-4-5-8-20-10-9-19-2/h11-13,17-18H,3-10H2,1-2H3. The normalized spacial score (nSPS) is 10.5. The average molecular weight is 281 g/mol. The number of pyridine rings is 1. The summed E-state index contributed by atoms with van der Waals surface area (Å²) >= 11 is 0. The molecule has 1 heterocycles. The molecule has 1 rings (SSSR count). The van der Waals surface area contributed by atoms with Crippen LogP contribution in [0.2, 0.25) is 0 Å². The maximum absolute atomic E-state index is 5.41. The van der Waals surface area contributed by atoms with Gasteiger partial charge in [0.2, 0.25) is 0 Å². The van der Waals surface area contributed by atoms with Gasteiger partial charge in [-0.05, 0) is 25.3 Å². The number of unbranched alkanes of at least 4 members (excludes halogenated alkanes) is 1. The zero-order chi connectivity index (χ0) is 14.5. The number of nitrogens with zero attached hydrogens (tertiary/aromatic N) is 1. The molecule has 1 aromatic heterocycles. The van der Waals surface area contributed by atoms with Crippen LogP contribution in [0, 0.1) is 0 Å². The molecule has 0 unspecified atom stereocenters. The van der Waals surface area contributed by atoms with E-state index in [0.717, 1.165) is 50.3 Å². The Balaban J connectivity index is 2.09. The summed E-state index contributed by atoms with van der Waals surface area (Å²) in [5.74, 6) is 0. The molecule has 0 spiro atoms. The Bertz CT molecular complexity index is 348. The molecule has 20 heavy (non-hydrogen) atoms. The predicted octanol–water partition coefficient (Wildman–Crippen LogP) is 2.76. The quantitative estimate of drug-likeness (QED) is 0.577. The highest BCUT2D eigenvalue weighted by molar-refractivity contribution is 5.53. The van der Waals surface area contributed by atoms with Crippen molar-refractivity contribution in [2.24, 2.45) is 0 Å². The first-order valence-electron chi connectivity index (χ1n) is 7.36. The van der Waals surface area contributed by atoms with Crippen molar-refractivity contribution >= 4 is 11.4 Å². The number of ether oxygens (including phenoxy) is 2. The van der Waals surface area contributed by atoms with Crippen molar-refractivity contribution < 1.29 is 9.47 Å². The summed E-state index contributed by atoms with van der Waals surface area (Å²) < 4.78 is 10.3. The lowest BCUT2D eigenvalue weighted by Gasteiger charge is -2.09. The van der Waals surface area contributed by atoms with Gasteiger partial charge in [-0.1, -0.05) is 6.92 Å². The van der Waals surface area contributed by atoms with Crippen LogP contribution in [-0.4, -0.2) is 45.0 Å². The maximum atomic E-state index is 5.41. The van der Waals surface area contributed by atoms with Gasteiger partial charge in [0.15, 0.2) is 0 Å². The van der Waals surface area contributed by atoms with Gasteiger partial charge >= 0.3 is 0 Å². The van der Waals surface area contributed by atoms with Gasteiger partial charge in [0.05, 0.1) is 37.0 Å². The van der Waals surface area contributed by atoms with Crippen molar-refractivity contribution in [3.05, 3.63) is 18.5 Å². The van der Waals surface area contributed by atoms with E-state index in [2.05, 4.69) is 28.6 Å². The fraction of sp³-hybridized carbons (Fsp3) is 0.667. The van der Waals surface area contributed by atoms with Gasteiger partial charge in [0.25, 0.3) is 0 Å². The van der Waals surface area contributed by atoms with E-state index in [-0.39, 0.29) is 0 Å². The van der Waals surface area contributed by atoms with E-state index in [1.807, 2.05) is 12.4 Å². The highest BCUT2D eigenvalue weighted by Gasteiger charge is 1.96. The molecule has 0 radical (unpaired) electrons. The summed E-state index contributed by atoms with van der Waals surface area (Å²) in [6.07, 6.45) is 6.95. The summed E-state index contributed by atoms with van der Waals surface area (Å²) in [4.78, 5) is 4.22. The molecular formula is C15H27N3O2. The van der Waals surface area contributed by atoms with Crippen LogP contribution in [0.25, 0.3) is 0 Å². The van der Waals surface area contributed by atoms with Crippen molar-refractivity contribution in [2.75, 3.05) is 50.7 Å². The van der Waals surface area contributed by atoms with Gasteiger partial charge in [0.1, 0.15) is 0 Å². The lowest BCUT2D eigenvalue weighted by Crippen LogP contribution is -2.07. The molecule has 5 heteroatoms. The largest absolute Gasteiger partial charge is 0.384 e. The van der Waals surface area contributed by atoms with Crippen LogP contribution < -0.4 is 10.6 Å². The summed E-state index contributed by atoms with van der Waals surface area (Å²) in [7, 11) is 1.69. The van der Waals surface area contributed by atoms with Crippen LogP contribution in [-0.2, 0) is 9.47 Å². The van der Waals surface area contributed by atoms with E-state index in [1.54, 1.807) is 7.11 Å². The minimum Gasteiger partial charge on any atom is -0.384 e. The van der Waals surface area contributed by atoms with E-state index in [4.69, 9.17) is 9.47 Å². The molecule has 0 amide bonds. The first kappa shape index (κ1) is 16.7. The Hall–Kier alpha value is -1.33. The minimum atomic E-state index is 0.668. The van der Waals surface area contributed by atoms with E-state index < -0.39 is 0 Å². The Morgan fingerprint density at radius 1 is 1.00 bits per heavy atom. The molecule has 0 atom stereocenters. The molecule has 114 valence electrons. The lowest BCUT2D eigenvalue weighted by molar-refractivity contribution is 0.0691. The fourth-order valence-corrected chi connectivity index (χ4v) is 1.71. The zero-order valence-corrected chi connectivity index (χ0v) is 12.7. The second kappa shape index (κ2) is 11.5. The first-order valence-corrected chi connectivity index (χ1v) is 7.36. The maximum Gasteiger partial charge on any atom is 0.0700 e. The van der Waals surface area contributed by atoms with E-state index in [9.17, 15) is 0 Å². The molecule has 0 fully saturated rings. The molecule has 0 bridgehead atoms. The lowest BCUT2D eigenvalue weighted by atomic mass is 10.3. The highest BCUT2D eigenvalue weighted by Crippen LogP contribution is 2.12. The van der Waals surface area contributed by atoms with Crippen molar-refractivity contribution in [3.8, 4) is 0 Å². The van der Waals surface area contributed by atoms with Gasteiger partial charge in [0, 0.05) is 26.8 Å². The predicted molar refractivity (Wildman–Crippen MR) is 83.4 cm³/mol. The highest BCUT2D eigenvalue weighted by atomic mass is 16.5. The number of rotatable bonds is 12. The molecule has 0 saturated heterocycles. The Labute approximate surface area is 122 Å². The summed E-state index contributed by atoms with van der Waals surface area (Å²) in [6, 6.07) is 2.09. The molecule has 1 aromatic rings. The zero-order valence-electron chi connectivity index (χ0n) is 12.7. The second-order valence-electron chi connectivity index (χ2n) is 4.63. The second-order valence-corrected chi connectivity index (χ2v) is 4.63. The third-order valence-electron chi connectivity index (χ3n) is 2.79. The van der Waals surface area contributed by atoms with Crippen molar-refractivity contribution in [1.29, 1.82) is 0 Å². The monoisotopic (exact) mass is 281 g/mol. The molecule has 2 N–H and O–H groups in total. The van der Waals surface area contributed by atoms with E-state index in [0.29, 0.717) is 13.2 Å². The van der Waals surface area contributed by atoms with Gasteiger partial charge in [-0.25, -0.2) is 0 Å². The van der Waals surface area contributed by atoms with Crippen LogP contribution in [0.15, 0.2) is 18.5 Å². The number of hydrogen-bond donors (Lipinski definition) is 2. The Morgan fingerprint density at radius 2 is 1.75 bits per heavy atom. The molecule has 0 saturated carbocycles. The SMILES string of the molecule is CCCNc1cncc(NCCCCOCCOC)c1. The topological polar surface area (TPSA) is 55.4 Å².